The molecule has 1 aromatic heterocycles. The Morgan fingerprint density at radius 3 is 2.53 bits per heavy atom. The van der Waals surface area contributed by atoms with Gasteiger partial charge in [0, 0.05) is 17.2 Å². The zero-order valence-corrected chi connectivity index (χ0v) is 17.5. The van der Waals surface area contributed by atoms with E-state index in [1.165, 1.54) is 23.4 Å². The smallest absolute Gasteiger partial charge is 0.416 e. The summed E-state index contributed by atoms with van der Waals surface area (Å²) in [4.78, 5) is 15.5. The van der Waals surface area contributed by atoms with Gasteiger partial charge in [-0.2, -0.15) is 22.7 Å². The minimum atomic E-state index is -4.59. The number of alkyl halides is 3. The van der Waals surface area contributed by atoms with Crippen molar-refractivity contribution in [2.75, 3.05) is 5.01 Å². The summed E-state index contributed by atoms with van der Waals surface area (Å²) in [5.41, 5.74) is -1.43. The molecule has 168 valence electrons. The van der Waals surface area contributed by atoms with E-state index in [1.54, 1.807) is 13.8 Å². The number of carboxylic acid groups (broad SMARTS) is 1. The third-order valence-electron chi connectivity index (χ3n) is 4.29. The molecule has 32 heavy (non-hydrogen) atoms. The normalized spacial score (nSPS) is 12.0. The van der Waals surface area contributed by atoms with Crippen LogP contribution in [0.15, 0.2) is 47.6 Å². The van der Waals surface area contributed by atoms with Crippen molar-refractivity contribution < 1.29 is 31.9 Å². The SMILES string of the molecule is CC(C)N(/N=C/c1ccc(F)cc1C(=O)O)c1nc(-c2cccc(C(F)(F)F)c2)c(F)s1. The van der Waals surface area contributed by atoms with Crippen molar-refractivity contribution >= 4 is 28.7 Å². The van der Waals surface area contributed by atoms with Crippen LogP contribution in [0, 0.1) is 10.9 Å². The molecule has 3 aromatic rings. The Morgan fingerprint density at radius 2 is 1.91 bits per heavy atom. The number of carbonyl (C=O) groups is 1. The van der Waals surface area contributed by atoms with Gasteiger partial charge in [-0.3, -0.25) is 0 Å². The third kappa shape index (κ3) is 5.10. The van der Waals surface area contributed by atoms with E-state index >= 15 is 0 Å². The van der Waals surface area contributed by atoms with Gasteiger partial charge in [-0.1, -0.05) is 23.5 Å². The van der Waals surface area contributed by atoms with Crippen molar-refractivity contribution in [3.8, 4) is 11.3 Å². The lowest BCUT2D eigenvalue weighted by Crippen LogP contribution is -2.25. The molecule has 1 heterocycles. The molecule has 0 spiro atoms. The molecule has 0 aliphatic heterocycles. The summed E-state index contributed by atoms with van der Waals surface area (Å²) in [6, 6.07) is 6.96. The quantitative estimate of drug-likeness (QED) is 0.271. The average molecular weight is 469 g/mol. The third-order valence-corrected chi connectivity index (χ3v) is 5.12. The van der Waals surface area contributed by atoms with Crippen LogP contribution in [-0.2, 0) is 6.18 Å². The highest BCUT2D eigenvalue weighted by molar-refractivity contribution is 7.14. The largest absolute Gasteiger partial charge is 0.478 e. The number of benzene rings is 2. The van der Waals surface area contributed by atoms with Crippen LogP contribution in [-0.4, -0.2) is 28.3 Å². The predicted molar refractivity (Wildman–Crippen MR) is 111 cm³/mol. The monoisotopic (exact) mass is 469 g/mol. The van der Waals surface area contributed by atoms with Crippen LogP contribution >= 0.6 is 11.3 Å². The molecule has 0 aliphatic carbocycles. The molecule has 0 atom stereocenters. The minimum Gasteiger partial charge on any atom is -0.478 e. The number of hydrogen-bond donors (Lipinski definition) is 1. The highest BCUT2D eigenvalue weighted by Crippen LogP contribution is 2.36. The number of aromatic carboxylic acids is 1. The molecule has 0 amide bonds. The molecule has 0 unspecified atom stereocenters. The Morgan fingerprint density at radius 1 is 1.19 bits per heavy atom. The Hall–Kier alpha value is -3.34. The number of anilines is 1. The molecule has 3 rings (SSSR count). The molecule has 0 saturated heterocycles. The maximum atomic E-state index is 14.6. The molecule has 0 radical (unpaired) electrons. The van der Waals surface area contributed by atoms with Gasteiger partial charge >= 0.3 is 12.1 Å². The second-order valence-electron chi connectivity index (χ2n) is 6.92. The van der Waals surface area contributed by atoms with E-state index < -0.39 is 28.7 Å². The van der Waals surface area contributed by atoms with Gasteiger partial charge in [0.25, 0.3) is 0 Å². The first-order chi connectivity index (χ1) is 15.0. The van der Waals surface area contributed by atoms with Crippen molar-refractivity contribution in [3.63, 3.8) is 0 Å². The second kappa shape index (κ2) is 9.03. The van der Waals surface area contributed by atoms with E-state index in [-0.39, 0.29) is 33.6 Å². The first-order valence-corrected chi connectivity index (χ1v) is 9.99. The fourth-order valence-electron chi connectivity index (χ4n) is 2.76. The highest BCUT2D eigenvalue weighted by Gasteiger charge is 2.31. The lowest BCUT2D eigenvalue weighted by atomic mass is 10.1. The van der Waals surface area contributed by atoms with Crippen LogP contribution in [0.25, 0.3) is 11.3 Å². The lowest BCUT2D eigenvalue weighted by molar-refractivity contribution is -0.137. The average Bonchev–Trinajstić information content (AvgIpc) is 3.09. The molecular weight excluding hydrogens is 453 g/mol. The first kappa shape index (κ1) is 23.3. The van der Waals surface area contributed by atoms with Crippen LogP contribution in [0.4, 0.5) is 27.1 Å². The van der Waals surface area contributed by atoms with Gasteiger partial charge in [0.05, 0.1) is 17.3 Å². The highest BCUT2D eigenvalue weighted by atomic mass is 32.1. The second-order valence-corrected chi connectivity index (χ2v) is 7.84. The molecule has 0 saturated carbocycles. The maximum absolute atomic E-state index is 14.6. The topological polar surface area (TPSA) is 65.8 Å². The van der Waals surface area contributed by atoms with Crippen LogP contribution < -0.4 is 5.01 Å². The van der Waals surface area contributed by atoms with Gasteiger partial charge in [0.2, 0.25) is 10.3 Å². The number of hydrogen-bond acceptors (Lipinski definition) is 5. The number of halogens is 5. The van der Waals surface area contributed by atoms with Gasteiger partial charge in [-0.15, -0.1) is 0 Å². The first-order valence-electron chi connectivity index (χ1n) is 9.17. The van der Waals surface area contributed by atoms with Crippen molar-refractivity contribution in [3.05, 3.63) is 70.1 Å². The van der Waals surface area contributed by atoms with E-state index in [4.69, 9.17) is 0 Å². The number of hydrazone groups is 1. The van der Waals surface area contributed by atoms with Gasteiger partial charge < -0.3 is 5.11 Å². The molecule has 0 bridgehead atoms. The van der Waals surface area contributed by atoms with Crippen LogP contribution in [0.2, 0.25) is 0 Å². The number of rotatable bonds is 6. The number of carboxylic acids is 1. The summed E-state index contributed by atoms with van der Waals surface area (Å²) in [5, 5.41) is 14.0. The summed E-state index contributed by atoms with van der Waals surface area (Å²) >= 11 is 0.584. The standard InChI is InChI=1S/C21H16F5N3O2S/c1-11(2)29(27-10-13-6-7-15(22)9-16(13)19(30)31)20-28-17(18(23)32-20)12-4-3-5-14(8-12)21(24,25)26/h3-11H,1-2H3,(H,30,31)/b27-10+. The summed E-state index contributed by atoms with van der Waals surface area (Å²) in [7, 11) is 0. The molecule has 5 nitrogen and oxygen atoms in total. The number of aromatic nitrogens is 1. The summed E-state index contributed by atoms with van der Waals surface area (Å²) in [6.45, 7) is 3.42. The Labute approximate surface area is 183 Å². The lowest BCUT2D eigenvalue weighted by Gasteiger charge is -2.20. The number of nitrogens with zero attached hydrogens (tertiary/aromatic N) is 3. The molecule has 0 aliphatic rings. The minimum absolute atomic E-state index is 0.0424. The van der Waals surface area contributed by atoms with E-state index in [0.29, 0.717) is 11.3 Å². The molecule has 2 aromatic carbocycles. The van der Waals surface area contributed by atoms with Crippen LogP contribution in [0.5, 0.6) is 0 Å². The van der Waals surface area contributed by atoms with Crippen molar-refractivity contribution in [2.24, 2.45) is 5.10 Å². The van der Waals surface area contributed by atoms with E-state index in [9.17, 15) is 31.9 Å². The van der Waals surface area contributed by atoms with Gasteiger partial charge in [0.1, 0.15) is 11.5 Å². The van der Waals surface area contributed by atoms with Gasteiger partial charge in [0.15, 0.2) is 0 Å². The fourth-order valence-corrected chi connectivity index (χ4v) is 3.67. The Balaban J connectivity index is 1.98. The Bertz CT molecular complexity index is 1170. The summed E-state index contributed by atoms with van der Waals surface area (Å²) in [5.74, 6) is -2.08. The summed E-state index contributed by atoms with van der Waals surface area (Å²) < 4.78 is 67.0. The van der Waals surface area contributed by atoms with Gasteiger partial charge in [-0.05, 0) is 44.2 Å². The molecule has 11 heteroatoms. The zero-order valence-electron chi connectivity index (χ0n) is 16.7. The van der Waals surface area contributed by atoms with E-state index in [0.717, 1.165) is 30.3 Å². The predicted octanol–water partition coefficient (Wildman–Crippen LogP) is 6.05. The van der Waals surface area contributed by atoms with Crippen molar-refractivity contribution in [2.45, 2.75) is 26.1 Å². The van der Waals surface area contributed by atoms with Gasteiger partial charge in [-0.25, -0.2) is 19.2 Å². The zero-order chi connectivity index (χ0) is 23.6. The maximum Gasteiger partial charge on any atom is 0.416 e. The molecule has 0 fully saturated rings. The van der Waals surface area contributed by atoms with Crippen LogP contribution in [0.3, 0.4) is 0 Å². The summed E-state index contributed by atoms with van der Waals surface area (Å²) in [6.07, 6.45) is -3.41. The molecular formula is C21H16F5N3O2S. The molecule has 1 N–H and O–H groups in total. The van der Waals surface area contributed by atoms with Crippen molar-refractivity contribution in [1.82, 2.24) is 4.98 Å². The fraction of sp³-hybridized carbons (Fsp3) is 0.190. The van der Waals surface area contributed by atoms with Crippen LogP contribution in [0.1, 0.15) is 35.3 Å². The van der Waals surface area contributed by atoms with E-state index in [2.05, 4.69) is 10.1 Å². The number of thiazole rings is 1. The Kier molecular flexibility index (Phi) is 6.58. The van der Waals surface area contributed by atoms with E-state index in [1.807, 2.05) is 0 Å². The van der Waals surface area contributed by atoms with Crippen molar-refractivity contribution in [1.29, 1.82) is 0 Å².